The largest absolute Gasteiger partial charge is 0.246 e. The maximum atomic E-state index is 4.79. The number of benzene rings is 1. The van der Waals surface area contributed by atoms with Crippen molar-refractivity contribution in [2.24, 2.45) is 0 Å². The van der Waals surface area contributed by atoms with E-state index in [9.17, 15) is 0 Å². The second kappa shape index (κ2) is 6.95. The number of aryl methyl sites for hydroxylation is 2. The zero-order chi connectivity index (χ0) is 16.4. The molecule has 0 aliphatic carbocycles. The van der Waals surface area contributed by atoms with E-state index in [1.54, 1.807) is 0 Å². The average Bonchev–Trinajstić information content (AvgIpc) is 2.79. The van der Waals surface area contributed by atoms with Gasteiger partial charge in [0, 0.05) is 4.88 Å². The first-order valence-corrected chi connectivity index (χ1v) is 9.17. The second-order valence-electron chi connectivity index (χ2n) is 7.07. The zero-order valence-electron chi connectivity index (χ0n) is 15.0. The molecule has 120 valence electrons. The van der Waals surface area contributed by atoms with Gasteiger partial charge in [-0.3, -0.25) is 0 Å². The van der Waals surface area contributed by atoms with Crippen molar-refractivity contribution >= 4 is 11.3 Å². The molecule has 0 N–H and O–H groups in total. The van der Waals surface area contributed by atoms with Gasteiger partial charge in [-0.25, -0.2) is 4.98 Å². The van der Waals surface area contributed by atoms with E-state index in [2.05, 4.69) is 66.7 Å². The van der Waals surface area contributed by atoms with Crippen LogP contribution in [0.2, 0.25) is 0 Å². The van der Waals surface area contributed by atoms with Crippen LogP contribution in [0.1, 0.15) is 84.6 Å². The molecule has 1 atom stereocenters. The van der Waals surface area contributed by atoms with Crippen molar-refractivity contribution < 1.29 is 0 Å². The quantitative estimate of drug-likeness (QED) is 0.626. The first kappa shape index (κ1) is 17.2. The molecule has 2 heteroatoms. The summed E-state index contributed by atoms with van der Waals surface area (Å²) < 4.78 is 0. The standard InChI is InChI=1S/C20H29NS/c1-12(2)18-11-17(9-8-14(18)5)15(6)10-19-20(13(3)4)22-16(7)21-19/h8-9,11-13,15H,10H2,1-7H3. The van der Waals surface area contributed by atoms with Crippen LogP contribution in [0.3, 0.4) is 0 Å². The fourth-order valence-electron chi connectivity index (χ4n) is 3.08. The molecule has 1 unspecified atom stereocenters. The van der Waals surface area contributed by atoms with E-state index in [0.717, 1.165) is 6.42 Å². The van der Waals surface area contributed by atoms with Crippen LogP contribution in [0.5, 0.6) is 0 Å². The Morgan fingerprint density at radius 3 is 2.27 bits per heavy atom. The number of aromatic nitrogens is 1. The van der Waals surface area contributed by atoms with Gasteiger partial charge in [-0.15, -0.1) is 11.3 Å². The normalized spacial score (nSPS) is 13.1. The number of thiazole rings is 1. The van der Waals surface area contributed by atoms with E-state index >= 15 is 0 Å². The lowest BCUT2D eigenvalue weighted by Crippen LogP contribution is -2.04. The molecule has 1 aromatic heterocycles. The Morgan fingerprint density at radius 2 is 1.68 bits per heavy atom. The Kier molecular flexibility index (Phi) is 5.44. The highest BCUT2D eigenvalue weighted by Crippen LogP contribution is 2.31. The van der Waals surface area contributed by atoms with Crippen molar-refractivity contribution in [1.82, 2.24) is 4.98 Å². The number of rotatable bonds is 5. The first-order valence-electron chi connectivity index (χ1n) is 8.36. The van der Waals surface area contributed by atoms with Crippen molar-refractivity contribution in [2.45, 2.75) is 72.6 Å². The molecule has 0 aliphatic heterocycles. The summed E-state index contributed by atoms with van der Waals surface area (Å²) in [6.07, 6.45) is 1.04. The minimum atomic E-state index is 0.511. The maximum absolute atomic E-state index is 4.79. The molecule has 2 rings (SSSR count). The summed E-state index contributed by atoms with van der Waals surface area (Å²) in [5.41, 5.74) is 5.62. The van der Waals surface area contributed by atoms with Gasteiger partial charge in [0.1, 0.15) is 0 Å². The van der Waals surface area contributed by atoms with Crippen molar-refractivity contribution in [3.8, 4) is 0 Å². The van der Waals surface area contributed by atoms with Gasteiger partial charge in [0.15, 0.2) is 0 Å². The molecule has 0 aliphatic rings. The van der Waals surface area contributed by atoms with Gasteiger partial charge in [-0.2, -0.15) is 0 Å². The minimum absolute atomic E-state index is 0.511. The molecule has 0 saturated carbocycles. The van der Waals surface area contributed by atoms with Crippen LogP contribution in [0.15, 0.2) is 18.2 Å². The molecular formula is C20H29NS. The minimum Gasteiger partial charge on any atom is -0.246 e. The number of hydrogen-bond acceptors (Lipinski definition) is 2. The highest BCUT2D eigenvalue weighted by atomic mass is 32.1. The summed E-state index contributed by atoms with van der Waals surface area (Å²) in [5.74, 6) is 1.66. The van der Waals surface area contributed by atoms with E-state index in [1.165, 1.54) is 32.3 Å². The fraction of sp³-hybridized carbons (Fsp3) is 0.550. The topological polar surface area (TPSA) is 12.9 Å². The van der Waals surface area contributed by atoms with Gasteiger partial charge in [0.25, 0.3) is 0 Å². The summed E-state index contributed by atoms with van der Waals surface area (Å²) in [6, 6.07) is 6.97. The van der Waals surface area contributed by atoms with Gasteiger partial charge in [-0.1, -0.05) is 52.8 Å². The molecule has 1 aromatic carbocycles. The highest BCUT2D eigenvalue weighted by Gasteiger charge is 2.17. The molecule has 0 fully saturated rings. The van der Waals surface area contributed by atoms with Gasteiger partial charge >= 0.3 is 0 Å². The fourth-order valence-corrected chi connectivity index (χ4v) is 4.04. The molecule has 0 saturated heterocycles. The molecule has 0 spiro atoms. The van der Waals surface area contributed by atoms with Crippen LogP contribution in [-0.4, -0.2) is 4.98 Å². The summed E-state index contributed by atoms with van der Waals surface area (Å²) in [5, 5.41) is 1.19. The smallest absolute Gasteiger partial charge is 0.0900 e. The Balaban J connectivity index is 2.26. The average molecular weight is 316 g/mol. The highest BCUT2D eigenvalue weighted by molar-refractivity contribution is 7.11. The van der Waals surface area contributed by atoms with E-state index in [1.807, 2.05) is 11.3 Å². The predicted octanol–water partition coefficient (Wildman–Crippen LogP) is 6.35. The SMILES string of the molecule is Cc1nc(CC(C)c2ccc(C)c(C(C)C)c2)c(C(C)C)s1. The van der Waals surface area contributed by atoms with Gasteiger partial charge in [0.05, 0.1) is 10.7 Å². The second-order valence-corrected chi connectivity index (χ2v) is 8.31. The third kappa shape index (κ3) is 3.78. The summed E-state index contributed by atoms with van der Waals surface area (Å²) in [7, 11) is 0. The molecule has 1 nitrogen and oxygen atoms in total. The van der Waals surface area contributed by atoms with Gasteiger partial charge < -0.3 is 0 Å². The van der Waals surface area contributed by atoms with E-state index in [-0.39, 0.29) is 0 Å². The monoisotopic (exact) mass is 315 g/mol. The Hall–Kier alpha value is -1.15. The third-order valence-corrected chi connectivity index (χ3v) is 5.67. The van der Waals surface area contributed by atoms with E-state index in [0.29, 0.717) is 17.8 Å². The lowest BCUT2D eigenvalue weighted by Gasteiger charge is -2.17. The van der Waals surface area contributed by atoms with Crippen LogP contribution in [0.4, 0.5) is 0 Å². The van der Waals surface area contributed by atoms with Gasteiger partial charge in [-0.05, 0) is 54.7 Å². The van der Waals surface area contributed by atoms with Crippen LogP contribution < -0.4 is 0 Å². The van der Waals surface area contributed by atoms with Crippen molar-refractivity contribution in [3.05, 3.63) is 50.5 Å². The molecular weight excluding hydrogens is 286 g/mol. The van der Waals surface area contributed by atoms with Crippen molar-refractivity contribution in [3.63, 3.8) is 0 Å². The van der Waals surface area contributed by atoms with Crippen LogP contribution in [-0.2, 0) is 6.42 Å². The van der Waals surface area contributed by atoms with Crippen LogP contribution in [0, 0.1) is 13.8 Å². The van der Waals surface area contributed by atoms with E-state index < -0.39 is 0 Å². The maximum Gasteiger partial charge on any atom is 0.0900 e. The van der Waals surface area contributed by atoms with Crippen molar-refractivity contribution in [2.75, 3.05) is 0 Å². The Morgan fingerprint density at radius 1 is 1.00 bits per heavy atom. The summed E-state index contributed by atoms with van der Waals surface area (Å²) >= 11 is 1.86. The molecule has 0 amide bonds. The predicted molar refractivity (Wildman–Crippen MR) is 98.3 cm³/mol. The first-order chi connectivity index (χ1) is 10.3. The zero-order valence-corrected chi connectivity index (χ0v) is 15.8. The Labute approximate surface area is 139 Å². The third-order valence-electron chi connectivity index (χ3n) is 4.35. The van der Waals surface area contributed by atoms with Crippen LogP contribution >= 0.6 is 11.3 Å². The number of hydrogen-bond donors (Lipinski definition) is 0. The van der Waals surface area contributed by atoms with Gasteiger partial charge in [0.2, 0.25) is 0 Å². The molecule has 22 heavy (non-hydrogen) atoms. The lowest BCUT2D eigenvalue weighted by molar-refractivity contribution is 0.721. The summed E-state index contributed by atoms with van der Waals surface area (Å²) in [4.78, 5) is 6.25. The molecule has 0 bridgehead atoms. The summed E-state index contributed by atoms with van der Waals surface area (Å²) in [6.45, 7) is 15.7. The van der Waals surface area contributed by atoms with Crippen LogP contribution in [0.25, 0.3) is 0 Å². The lowest BCUT2D eigenvalue weighted by atomic mass is 9.89. The Bertz CT molecular complexity index is 637. The van der Waals surface area contributed by atoms with Crippen molar-refractivity contribution in [1.29, 1.82) is 0 Å². The molecule has 1 heterocycles. The molecule has 0 radical (unpaired) electrons. The van der Waals surface area contributed by atoms with E-state index in [4.69, 9.17) is 4.98 Å². The molecule has 2 aromatic rings. The number of nitrogens with zero attached hydrogens (tertiary/aromatic N) is 1.